The maximum Gasteiger partial charge on any atom is 0.263 e. The van der Waals surface area contributed by atoms with Crippen LogP contribution in [0.25, 0.3) is 21.3 Å². The number of anilines is 1. The van der Waals surface area contributed by atoms with Gasteiger partial charge in [0.15, 0.2) is 0 Å². The number of carbonyl (C=O) groups excluding carboxylic acids is 1. The maximum absolute atomic E-state index is 13.2. The monoisotopic (exact) mass is 494 g/mol. The van der Waals surface area contributed by atoms with E-state index in [0.717, 1.165) is 24.0 Å². The molecule has 1 N–H and O–H groups in total. The van der Waals surface area contributed by atoms with Crippen LogP contribution < -0.4 is 10.9 Å². The minimum Gasteiger partial charge on any atom is -0.324 e. The lowest BCUT2D eigenvalue weighted by atomic mass is 10.1. The molecule has 1 aliphatic heterocycles. The fourth-order valence-electron chi connectivity index (χ4n) is 4.08. The zero-order valence-electron chi connectivity index (χ0n) is 18.2. The number of amides is 1. The molecule has 0 bridgehead atoms. The average Bonchev–Trinajstić information content (AvgIpc) is 3.53. The first kappa shape index (κ1) is 22.5. The number of thiophene rings is 1. The minimum atomic E-state index is -3.59. The highest BCUT2D eigenvalue weighted by Gasteiger charge is 2.27. The standard InChI is InChI=1S/C24H22N4O4S2/c29-21(26-18-9-6-10-19(13-18)34(31,32)28-11-4-5-12-28)14-27-16-25-23-22(24(27)30)20(15-33-23)17-7-2-1-3-8-17/h1-3,6-10,13,15-16H,4-5,11-12,14H2,(H,26,29). The van der Waals surface area contributed by atoms with E-state index >= 15 is 0 Å². The van der Waals surface area contributed by atoms with Crippen LogP contribution in [-0.2, 0) is 21.4 Å². The Morgan fingerprint density at radius 1 is 1.06 bits per heavy atom. The number of carbonyl (C=O) groups is 1. The summed E-state index contributed by atoms with van der Waals surface area (Å²) in [5.74, 6) is -0.449. The van der Waals surface area contributed by atoms with Crippen molar-refractivity contribution in [3.05, 3.63) is 76.7 Å². The van der Waals surface area contributed by atoms with Gasteiger partial charge in [0.2, 0.25) is 15.9 Å². The Bertz CT molecular complexity index is 1520. The molecule has 0 radical (unpaired) electrons. The molecular formula is C24H22N4O4S2. The molecule has 5 rings (SSSR count). The van der Waals surface area contributed by atoms with Gasteiger partial charge in [-0.05, 0) is 36.6 Å². The van der Waals surface area contributed by atoms with Gasteiger partial charge >= 0.3 is 0 Å². The molecule has 0 saturated carbocycles. The van der Waals surface area contributed by atoms with Crippen molar-refractivity contribution in [3.8, 4) is 11.1 Å². The molecule has 2 aromatic heterocycles. The molecule has 2 aromatic carbocycles. The zero-order chi connectivity index (χ0) is 23.7. The number of hydrogen-bond donors (Lipinski definition) is 1. The van der Waals surface area contributed by atoms with Crippen LogP contribution in [0, 0.1) is 0 Å². The first-order valence-corrected chi connectivity index (χ1v) is 13.2. The number of sulfonamides is 1. The third-order valence-electron chi connectivity index (χ3n) is 5.78. The van der Waals surface area contributed by atoms with Crippen LogP contribution in [0.15, 0.2) is 76.0 Å². The van der Waals surface area contributed by atoms with E-state index in [1.165, 1.54) is 38.7 Å². The summed E-state index contributed by atoms with van der Waals surface area (Å²) < 4.78 is 28.4. The molecule has 3 heterocycles. The zero-order valence-corrected chi connectivity index (χ0v) is 19.8. The SMILES string of the molecule is O=C(Cn1cnc2scc(-c3ccccc3)c2c1=O)Nc1cccc(S(=O)(=O)N2CCCC2)c1. The largest absolute Gasteiger partial charge is 0.324 e. The Labute approximate surface area is 200 Å². The molecule has 4 aromatic rings. The predicted octanol–water partition coefficient (Wildman–Crippen LogP) is 3.55. The molecule has 1 saturated heterocycles. The number of benzene rings is 2. The lowest BCUT2D eigenvalue weighted by Crippen LogP contribution is -2.29. The second-order valence-corrected chi connectivity index (χ2v) is 10.9. The Kier molecular flexibility index (Phi) is 6.03. The lowest BCUT2D eigenvalue weighted by molar-refractivity contribution is -0.116. The van der Waals surface area contributed by atoms with Crippen LogP contribution >= 0.6 is 11.3 Å². The molecule has 0 unspecified atom stereocenters. The predicted molar refractivity (Wildman–Crippen MR) is 132 cm³/mol. The highest BCUT2D eigenvalue weighted by atomic mass is 32.2. The van der Waals surface area contributed by atoms with E-state index < -0.39 is 15.9 Å². The number of rotatable bonds is 6. The number of nitrogens with one attached hydrogen (secondary N) is 1. The average molecular weight is 495 g/mol. The van der Waals surface area contributed by atoms with Crippen molar-refractivity contribution >= 4 is 43.2 Å². The summed E-state index contributed by atoms with van der Waals surface area (Å²) in [7, 11) is -3.59. The minimum absolute atomic E-state index is 0.137. The van der Waals surface area contributed by atoms with Gasteiger partial charge in [0.25, 0.3) is 5.56 Å². The van der Waals surface area contributed by atoms with E-state index in [1.54, 1.807) is 12.1 Å². The number of fused-ring (bicyclic) bond motifs is 1. The molecule has 1 aliphatic rings. The highest BCUT2D eigenvalue weighted by Crippen LogP contribution is 2.30. The highest BCUT2D eigenvalue weighted by molar-refractivity contribution is 7.89. The third kappa shape index (κ3) is 4.27. The Hall–Kier alpha value is -3.34. The molecule has 0 spiro atoms. The van der Waals surface area contributed by atoms with Crippen LogP contribution in [0.3, 0.4) is 0 Å². The van der Waals surface area contributed by atoms with E-state index in [-0.39, 0.29) is 17.0 Å². The quantitative estimate of drug-likeness (QED) is 0.442. The first-order chi connectivity index (χ1) is 16.4. The van der Waals surface area contributed by atoms with Gasteiger partial charge in [-0.15, -0.1) is 11.3 Å². The molecular weight excluding hydrogens is 472 g/mol. The summed E-state index contributed by atoms with van der Waals surface area (Å²) in [6, 6.07) is 15.7. The summed E-state index contributed by atoms with van der Waals surface area (Å²) in [6.45, 7) is 0.769. The van der Waals surface area contributed by atoms with Crippen LogP contribution in [0.5, 0.6) is 0 Å². The molecule has 1 amide bonds. The molecule has 34 heavy (non-hydrogen) atoms. The van der Waals surface area contributed by atoms with Crippen molar-refractivity contribution in [1.29, 1.82) is 0 Å². The molecule has 174 valence electrons. The van der Waals surface area contributed by atoms with Gasteiger partial charge in [0.05, 0.1) is 16.6 Å². The summed E-state index contributed by atoms with van der Waals surface area (Å²) in [5, 5.41) is 5.07. The topological polar surface area (TPSA) is 101 Å². The second-order valence-electron chi connectivity index (χ2n) is 8.06. The van der Waals surface area contributed by atoms with Crippen molar-refractivity contribution < 1.29 is 13.2 Å². The van der Waals surface area contributed by atoms with Gasteiger partial charge in [0, 0.05) is 29.7 Å². The van der Waals surface area contributed by atoms with E-state index in [0.29, 0.717) is 29.0 Å². The third-order valence-corrected chi connectivity index (χ3v) is 8.56. The maximum atomic E-state index is 13.2. The van der Waals surface area contributed by atoms with Crippen LogP contribution in [0.1, 0.15) is 12.8 Å². The van der Waals surface area contributed by atoms with Crippen LogP contribution in [0.4, 0.5) is 5.69 Å². The normalized spacial score (nSPS) is 14.5. The van der Waals surface area contributed by atoms with E-state index in [2.05, 4.69) is 10.3 Å². The van der Waals surface area contributed by atoms with Gasteiger partial charge in [-0.1, -0.05) is 36.4 Å². The number of nitrogens with zero attached hydrogens (tertiary/aromatic N) is 3. The molecule has 0 atom stereocenters. The van der Waals surface area contributed by atoms with E-state index in [1.807, 2.05) is 35.7 Å². The van der Waals surface area contributed by atoms with Crippen LogP contribution in [0.2, 0.25) is 0 Å². The Balaban J connectivity index is 1.38. The summed E-state index contributed by atoms with van der Waals surface area (Å²) in [6.07, 6.45) is 3.06. The van der Waals surface area contributed by atoms with Crippen LogP contribution in [-0.4, -0.2) is 41.3 Å². The Morgan fingerprint density at radius 2 is 1.82 bits per heavy atom. The number of hydrogen-bond acceptors (Lipinski definition) is 6. The van der Waals surface area contributed by atoms with E-state index in [9.17, 15) is 18.0 Å². The molecule has 8 nitrogen and oxygen atoms in total. The van der Waals surface area contributed by atoms with E-state index in [4.69, 9.17) is 0 Å². The second kappa shape index (κ2) is 9.13. The van der Waals surface area contributed by atoms with Gasteiger partial charge < -0.3 is 5.32 Å². The van der Waals surface area contributed by atoms with Gasteiger partial charge in [-0.3, -0.25) is 14.2 Å². The number of aromatic nitrogens is 2. The summed E-state index contributed by atoms with van der Waals surface area (Å²) >= 11 is 1.38. The lowest BCUT2D eigenvalue weighted by Gasteiger charge is -2.16. The van der Waals surface area contributed by atoms with Gasteiger partial charge in [-0.25, -0.2) is 13.4 Å². The first-order valence-electron chi connectivity index (χ1n) is 10.9. The van der Waals surface area contributed by atoms with Crippen molar-refractivity contribution in [3.63, 3.8) is 0 Å². The summed E-state index contributed by atoms with van der Waals surface area (Å²) in [4.78, 5) is 31.0. The molecule has 0 aliphatic carbocycles. The van der Waals surface area contributed by atoms with Crippen molar-refractivity contribution in [2.24, 2.45) is 0 Å². The van der Waals surface area contributed by atoms with Crippen molar-refractivity contribution in [2.75, 3.05) is 18.4 Å². The van der Waals surface area contributed by atoms with Gasteiger partial charge in [0.1, 0.15) is 11.4 Å². The Morgan fingerprint density at radius 3 is 2.59 bits per heavy atom. The van der Waals surface area contributed by atoms with Gasteiger partial charge in [-0.2, -0.15) is 4.31 Å². The van der Waals surface area contributed by atoms with Crippen molar-refractivity contribution in [2.45, 2.75) is 24.3 Å². The smallest absolute Gasteiger partial charge is 0.263 e. The molecule has 10 heteroatoms. The fraction of sp³-hybridized carbons (Fsp3) is 0.208. The summed E-state index contributed by atoms with van der Waals surface area (Å²) in [5.41, 5.74) is 1.75. The molecule has 1 fully saturated rings. The fourth-order valence-corrected chi connectivity index (χ4v) is 6.55. The van der Waals surface area contributed by atoms with Crippen molar-refractivity contribution in [1.82, 2.24) is 13.9 Å².